The minimum Gasteiger partial charge on any atom is -0.496 e. The van der Waals surface area contributed by atoms with Crippen molar-refractivity contribution >= 4 is 16.8 Å². The summed E-state index contributed by atoms with van der Waals surface area (Å²) in [6, 6.07) is 5.16. The fraction of sp³-hybridized carbons (Fsp3) is 0.286. The first kappa shape index (κ1) is 14.1. The van der Waals surface area contributed by atoms with E-state index in [-0.39, 0.29) is 12.5 Å². The minimum absolute atomic E-state index is 0.0718. The van der Waals surface area contributed by atoms with Crippen LogP contribution in [-0.4, -0.2) is 31.9 Å². The summed E-state index contributed by atoms with van der Waals surface area (Å²) < 4.78 is 15.6. The largest absolute Gasteiger partial charge is 0.496 e. The summed E-state index contributed by atoms with van der Waals surface area (Å²) in [5.41, 5.74) is 6.87. The average molecular weight is 276 g/mol. The summed E-state index contributed by atoms with van der Waals surface area (Å²) in [6.07, 6.45) is 0. The highest BCUT2D eigenvalue weighted by Gasteiger charge is 2.14. The van der Waals surface area contributed by atoms with Gasteiger partial charge in [0.05, 0.1) is 12.6 Å². The summed E-state index contributed by atoms with van der Waals surface area (Å²) in [7, 11) is 3.10. The molecule has 1 heterocycles. The van der Waals surface area contributed by atoms with Crippen LogP contribution in [0.3, 0.4) is 0 Å². The first-order valence-corrected chi connectivity index (χ1v) is 5.98. The number of hydrogen-bond donors (Lipinski definition) is 1. The molecule has 1 aromatic carbocycles. The van der Waals surface area contributed by atoms with Crippen LogP contribution in [0.5, 0.6) is 11.5 Å². The van der Waals surface area contributed by atoms with Crippen LogP contribution in [0, 0.1) is 6.92 Å². The molecule has 0 radical (unpaired) electrons. The summed E-state index contributed by atoms with van der Waals surface area (Å²) in [6.45, 7) is 1.93. The number of nitrogens with two attached hydrogens (primary N) is 1. The smallest absolute Gasteiger partial charge is 0.267 e. The Hall–Kier alpha value is -2.34. The van der Waals surface area contributed by atoms with E-state index in [0.717, 1.165) is 10.9 Å². The number of carbonyl (C=O) groups is 1. The SMILES string of the molecule is COCOc1cc(C(N)=O)nc2c(C)c(OC)ccc12. The van der Waals surface area contributed by atoms with Crippen LogP contribution in [0.2, 0.25) is 0 Å². The molecule has 0 unspecified atom stereocenters. The van der Waals surface area contributed by atoms with Crippen LogP contribution in [-0.2, 0) is 4.74 Å². The number of ether oxygens (including phenoxy) is 3. The molecule has 0 aliphatic carbocycles. The molecule has 6 heteroatoms. The van der Waals surface area contributed by atoms with Crippen LogP contribution in [0.1, 0.15) is 16.1 Å². The predicted octanol–water partition coefficient (Wildman–Crippen LogP) is 1.63. The van der Waals surface area contributed by atoms with Crippen molar-refractivity contribution in [3.05, 3.63) is 29.5 Å². The van der Waals surface area contributed by atoms with E-state index in [1.54, 1.807) is 7.11 Å². The van der Waals surface area contributed by atoms with Gasteiger partial charge in [-0.25, -0.2) is 4.98 Å². The molecule has 106 valence electrons. The summed E-state index contributed by atoms with van der Waals surface area (Å²) in [5, 5.41) is 0.769. The normalized spacial score (nSPS) is 10.6. The van der Waals surface area contributed by atoms with Crippen molar-refractivity contribution in [2.24, 2.45) is 5.73 Å². The zero-order valence-electron chi connectivity index (χ0n) is 11.6. The second kappa shape index (κ2) is 5.75. The van der Waals surface area contributed by atoms with E-state index in [1.807, 2.05) is 19.1 Å². The fourth-order valence-electron chi connectivity index (χ4n) is 1.97. The molecule has 1 amide bonds. The molecular weight excluding hydrogens is 260 g/mol. The van der Waals surface area contributed by atoms with E-state index in [2.05, 4.69) is 4.98 Å². The Balaban J connectivity index is 2.70. The molecule has 0 spiro atoms. The van der Waals surface area contributed by atoms with Crippen LogP contribution in [0.25, 0.3) is 10.9 Å². The van der Waals surface area contributed by atoms with Crippen LogP contribution >= 0.6 is 0 Å². The Kier molecular flexibility index (Phi) is 4.05. The van der Waals surface area contributed by atoms with Gasteiger partial charge in [0.15, 0.2) is 6.79 Å². The summed E-state index contributed by atoms with van der Waals surface area (Å²) in [4.78, 5) is 15.7. The number of nitrogens with zero attached hydrogens (tertiary/aromatic N) is 1. The molecule has 2 aromatic rings. The predicted molar refractivity (Wildman–Crippen MR) is 74.1 cm³/mol. The number of benzene rings is 1. The van der Waals surface area contributed by atoms with Gasteiger partial charge in [0.25, 0.3) is 5.91 Å². The van der Waals surface area contributed by atoms with Crippen LogP contribution < -0.4 is 15.2 Å². The van der Waals surface area contributed by atoms with Crippen molar-refractivity contribution in [3.8, 4) is 11.5 Å². The lowest BCUT2D eigenvalue weighted by molar-refractivity contribution is 0.0521. The number of amides is 1. The van der Waals surface area contributed by atoms with Gasteiger partial charge in [0.1, 0.15) is 17.2 Å². The lowest BCUT2D eigenvalue weighted by atomic mass is 10.1. The lowest BCUT2D eigenvalue weighted by Crippen LogP contribution is -2.14. The zero-order chi connectivity index (χ0) is 14.7. The van der Waals surface area contributed by atoms with Gasteiger partial charge in [0, 0.05) is 24.1 Å². The molecule has 2 rings (SSSR count). The minimum atomic E-state index is -0.614. The molecule has 0 saturated heterocycles. The third-order valence-corrected chi connectivity index (χ3v) is 2.95. The monoisotopic (exact) mass is 276 g/mol. The van der Waals surface area contributed by atoms with Gasteiger partial charge in [-0.05, 0) is 19.1 Å². The molecule has 0 atom stereocenters. The Bertz CT molecular complexity index is 655. The van der Waals surface area contributed by atoms with Crippen LogP contribution in [0.4, 0.5) is 0 Å². The van der Waals surface area contributed by atoms with Crippen molar-refractivity contribution in [1.82, 2.24) is 4.98 Å². The van der Waals surface area contributed by atoms with Gasteiger partial charge in [-0.2, -0.15) is 0 Å². The number of pyridine rings is 1. The van der Waals surface area contributed by atoms with Crippen molar-refractivity contribution in [2.75, 3.05) is 21.0 Å². The highest BCUT2D eigenvalue weighted by molar-refractivity contribution is 5.97. The van der Waals surface area contributed by atoms with Crippen LogP contribution in [0.15, 0.2) is 18.2 Å². The molecule has 0 bridgehead atoms. The number of hydrogen-bond acceptors (Lipinski definition) is 5. The summed E-state index contributed by atoms with van der Waals surface area (Å²) >= 11 is 0. The van der Waals surface area contributed by atoms with E-state index in [1.165, 1.54) is 13.2 Å². The maximum atomic E-state index is 11.4. The highest BCUT2D eigenvalue weighted by atomic mass is 16.7. The first-order valence-electron chi connectivity index (χ1n) is 5.98. The number of methoxy groups -OCH3 is 2. The molecular formula is C14H16N2O4. The highest BCUT2D eigenvalue weighted by Crippen LogP contribution is 2.32. The Morgan fingerprint density at radius 2 is 2.05 bits per heavy atom. The van der Waals surface area contributed by atoms with Gasteiger partial charge in [0.2, 0.25) is 0 Å². The topological polar surface area (TPSA) is 83.7 Å². The third-order valence-electron chi connectivity index (χ3n) is 2.95. The number of rotatable bonds is 5. The molecule has 6 nitrogen and oxygen atoms in total. The second-order valence-corrected chi connectivity index (χ2v) is 4.21. The maximum Gasteiger partial charge on any atom is 0.267 e. The number of primary amides is 1. The van der Waals surface area contributed by atoms with Crippen molar-refractivity contribution in [3.63, 3.8) is 0 Å². The van der Waals surface area contributed by atoms with E-state index < -0.39 is 5.91 Å². The second-order valence-electron chi connectivity index (χ2n) is 4.21. The lowest BCUT2D eigenvalue weighted by Gasteiger charge is -2.13. The number of fused-ring (bicyclic) bond motifs is 1. The zero-order valence-corrected chi connectivity index (χ0v) is 11.6. The van der Waals surface area contributed by atoms with Gasteiger partial charge < -0.3 is 19.9 Å². The average Bonchev–Trinajstić information content (AvgIpc) is 2.45. The number of aryl methyl sites for hydroxylation is 1. The molecule has 20 heavy (non-hydrogen) atoms. The standard InChI is InChI=1S/C14H16N2O4/c1-8-11(19-3)5-4-9-12(20-7-18-2)6-10(14(15)17)16-13(8)9/h4-6H,7H2,1-3H3,(H2,15,17). The third kappa shape index (κ3) is 2.50. The molecule has 0 saturated carbocycles. The maximum absolute atomic E-state index is 11.4. The molecule has 1 aromatic heterocycles. The van der Waals surface area contributed by atoms with Crippen molar-refractivity contribution < 1.29 is 19.0 Å². The van der Waals surface area contributed by atoms with Gasteiger partial charge in [-0.15, -0.1) is 0 Å². The molecule has 2 N–H and O–H groups in total. The van der Waals surface area contributed by atoms with E-state index >= 15 is 0 Å². The quantitative estimate of drug-likeness (QED) is 0.839. The van der Waals surface area contributed by atoms with Gasteiger partial charge >= 0.3 is 0 Å². The number of carbonyl (C=O) groups excluding carboxylic acids is 1. The van der Waals surface area contributed by atoms with Gasteiger partial charge in [-0.1, -0.05) is 0 Å². The summed E-state index contributed by atoms with van der Waals surface area (Å²) in [5.74, 6) is 0.567. The molecule has 0 aliphatic rings. The Morgan fingerprint density at radius 3 is 2.65 bits per heavy atom. The van der Waals surface area contributed by atoms with Crippen molar-refractivity contribution in [1.29, 1.82) is 0 Å². The van der Waals surface area contributed by atoms with E-state index in [9.17, 15) is 4.79 Å². The Morgan fingerprint density at radius 1 is 1.30 bits per heavy atom. The number of aromatic nitrogens is 1. The first-order chi connectivity index (χ1) is 9.58. The molecule has 0 aliphatic heterocycles. The van der Waals surface area contributed by atoms with Crippen molar-refractivity contribution in [2.45, 2.75) is 6.92 Å². The van der Waals surface area contributed by atoms with E-state index in [0.29, 0.717) is 17.0 Å². The van der Waals surface area contributed by atoms with E-state index in [4.69, 9.17) is 19.9 Å². The molecule has 0 fully saturated rings. The fourth-order valence-corrected chi connectivity index (χ4v) is 1.97. The van der Waals surface area contributed by atoms with Gasteiger partial charge in [-0.3, -0.25) is 4.79 Å². The Labute approximate surface area is 116 Å².